The van der Waals surface area contributed by atoms with Crippen molar-refractivity contribution >= 4 is 34.5 Å². The molecule has 0 aliphatic carbocycles. The predicted molar refractivity (Wildman–Crippen MR) is 87.5 cm³/mol. The summed E-state index contributed by atoms with van der Waals surface area (Å²) in [6.45, 7) is -2.99. The van der Waals surface area contributed by atoms with Crippen molar-refractivity contribution in [1.82, 2.24) is 9.55 Å². The van der Waals surface area contributed by atoms with Crippen LogP contribution in [0.1, 0.15) is 9.67 Å². The van der Waals surface area contributed by atoms with E-state index in [9.17, 15) is 13.6 Å². The van der Waals surface area contributed by atoms with Gasteiger partial charge in [-0.2, -0.15) is 8.78 Å². The highest BCUT2D eigenvalue weighted by Crippen LogP contribution is 2.29. The van der Waals surface area contributed by atoms with Crippen LogP contribution in [-0.2, 0) is 0 Å². The Labute approximate surface area is 144 Å². The molecule has 0 saturated heterocycles. The van der Waals surface area contributed by atoms with E-state index in [0.29, 0.717) is 16.4 Å². The number of nitrogens with one attached hydrogen (secondary N) is 1. The SMILES string of the molecule is O=C(Nc1ccc(-n2ccnc2)c(Cl)c1)c1sccc1OC(F)F. The van der Waals surface area contributed by atoms with Gasteiger partial charge in [0, 0.05) is 18.1 Å². The molecular formula is C15H10ClF2N3O2S. The van der Waals surface area contributed by atoms with Crippen LogP contribution in [0.5, 0.6) is 5.75 Å². The number of halogens is 3. The van der Waals surface area contributed by atoms with Crippen molar-refractivity contribution in [2.75, 3.05) is 5.32 Å². The maximum absolute atomic E-state index is 12.3. The average molecular weight is 370 g/mol. The second kappa shape index (κ2) is 6.98. The van der Waals surface area contributed by atoms with E-state index in [1.165, 1.54) is 11.4 Å². The summed E-state index contributed by atoms with van der Waals surface area (Å²) < 4.78 is 30.7. The highest BCUT2D eigenvalue weighted by Gasteiger charge is 2.18. The third kappa shape index (κ3) is 3.55. The lowest BCUT2D eigenvalue weighted by Crippen LogP contribution is -2.13. The highest BCUT2D eigenvalue weighted by atomic mass is 35.5. The number of anilines is 1. The van der Waals surface area contributed by atoms with Gasteiger partial charge in [0.2, 0.25) is 0 Å². The van der Waals surface area contributed by atoms with Gasteiger partial charge in [-0.15, -0.1) is 11.3 Å². The zero-order valence-corrected chi connectivity index (χ0v) is 13.5. The van der Waals surface area contributed by atoms with Crippen LogP contribution in [0.2, 0.25) is 5.02 Å². The molecule has 9 heteroatoms. The normalized spacial score (nSPS) is 10.8. The van der Waals surface area contributed by atoms with Crippen LogP contribution >= 0.6 is 22.9 Å². The molecule has 1 aromatic carbocycles. The largest absolute Gasteiger partial charge is 0.433 e. The maximum Gasteiger partial charge on any atom is 0.387 e. The Morgan fingerprint density at radius 3 is 2.88 bits per heavy atom. The average Bonchev–Trinajstić information content (AvgIpc) is 3.18. The Balaban J connectivity index is 1.78. The van der Waals surface area contributed by atoms with E-state index in [2.05, 4.69) is 15.0 Å². The molecular weight excluding hydrogens is 360 g/mol. The Morgan fingerprint density at radius 2 is 2.21 bits per heavy atom. The topological polar surface area (TPSA) is 56.2 Å². The van der Waals surface area contributed by atoms with Crippen molar-refractivity contribution in [2.45, 2.75) is 6.61 Å². The van der Waals surface area contributed by atoms with Crippen molar-refractivity contribution < 1.29 is 18.3 Å². The summed E-state index contributed by atoms with van der Waals surface area (Å²) in [7, 11) is 0. The van der Waals surface area contributed by atoms with Crippen LogP contribution in [-0.4, -0.2) is 22.1 Å². The van der Waals surface area contributed by atoms with Crippen LogP contribution in [0.3, 0.4) is 0 Å². The van der Waals surface area contributed by atoms with Crippen molar-refractivity contribution in [3.8, 4) is 11.4 Å². The van der Waals surface area contributed by atoms with Gasteiger partial charge in [0.15, 0.2) is 0 Å². The van der Waals surface area contributed by atoms with Crippen LogP contribution < -0.4 is 10.1 Å². The minimum Gasteiger partial charge on any atom is -0.433 e. The first-order valence-electron chi connectivity index (χ1n) is 6.66. The van der Waals surface area contributed by atoms with E-state index >= 15 is 0 Å². The quantitative estimate of drug-likeness (QED) is 0.723. The minimum absolute atomic E-state index is 0.0603. The molecule has 0 bridgehead atoms. The van der Waals surface area contributed by atoms with Gasteiger partial charge in [0.05, 0.1) is 17.0 Å². The summed E-state index contributed by atoms with van der Waals surface area (Å²) in [5.74, 6) is -0.708. The second-order valence-corrected chi connectivity index (χ2v) is 5.91. The highest BCUT2D eigenvalue weighted by molar-refractivity contribution is 7.12. The molecule has 1 amide bonds. The smallest absolute Gasteiger partial charge is 0.387 e. The van der Waals surface area contributed by atoms with Crippen LogP contribution in [0.15, 0.2) is 48.4 Å². The zero-order chi connectivity index (χ0) is 17.1. The van der Waals surface area contributed by atoms with Gasteiger partial charge in [-0.3, -0.25) is 4.79 Å². The first-order valence-corrected chi connectivity index (χ1v) is 7.92. The Kier molecular flexibility index (Phi) is 4.77. The summed E-state index contributed by atoms with van der Waals surface area (Å²) >= 11 is 7.22. The van der Waals surface area contributed by atoms with Crippen molar-refractivity contribution in [2.24, 2.45) is 0 Å². The molecule has 5 nitrogen and oxygen atoms in total. The predicted octanol–water partition coefficient (Wildman–Crippen LogP) is 4.44. The molecule has 2 aromatic heterocycles. The molecule has 0 unspecified atom stereocenters. The first-order chi connectivity index (χ1) is 11.5. The summed E-state index contributed by atoms with van der Waals surface area (Å²) in [6, 6.07) is 6.25. The molecule has 0 saturated carbocycles. The number of alkyl halides is 2. The number of aromatic nitrogens is 2. The van der Waals surface area contributed by atoms with Crippen LogP contribution in [0.25, 0.3) is 5.69 Å². The van der Waals surface area contributed by atoms with Gasteiger partial charge in [-0.1, -0.05) is 11.6 Å². The molecule has 0 fully saturated rings. The van der Waals surface area contributed by atoms with E-state index in [0.717, 1.165) is 11.3 Å². The second-order valence-electron chi connectivity index (χ2n) is 4.58. The number of thiophene rings is 1. The molecule has 0 aliphatic rings. The van der Waals surface area contributed by atoms with Crippen molar-refractivity contribution in [3.05, 3.63) is 58.3 Å². The lowest BCUT2D eigenvalue weighted by atomic mass is 10.2. The third-order valence-corrected chi connectivity index (χ3v) is 4.24. The number of benzene rings is 1. The first kappa shape index (κ1) is 16.4. The number of imidazole rings is 1. The van der Waals surface area contributed by atoms with E-state index in [1.807, 2.05) is 0 Å². The van der Waals surface area contributed by atoms with Gasteiger partial charge in [-0.05, 0) is 29.6 Å². The molecule has 0 aliphatic heterocycles. The summed E-state index contributed by atoms with van der Waals surface area (Å²) in [5.41, 5.74) is 1.13. The van der Waals surface area contributed by atoms with E-state index in [1.54, 1.807) is 41.5 Å². The van der Waals surface area contributed by atoms with E-state index in [-0.39, 0.29) is 10.6 Å². The number of hydrogen-bond acceptors (Lipinski definition) is 4. The zero-order valence-electron chi connectivity index (χ0n) is 11.9. The molecule has 2 heterocycles. The summed E-state index contributed by atoms with van der Waals surface area (Å²) in [5, 5.41) is 4.51. The van der Waals surface area contributed by atoms with E-state index < -0.39 is 12.5 Å². The third-order valence-electron chi connectivity index (χ3n) is 3.04. The summed E-state index contributed by atoms with van der Waals surface area (Å²) in [6.07, 6.45) is 4.95. The molecule has 24 heavy (non-hydrogen) atoms. The van der Waals surface area contributed by atoms with Crippen LogP contribution in [0, 0.1) is 0 Å². The lowest BCUT2D eigenvalue weighted by Gasteiger charge is -2.10. The lowest BCUT2D eigenvalue weighted by molar-refractivity contribution is -0.0498. The number of nitrogens with zero attached hydrogens (tertiary/aromatic N) is 2. The minimum atomic E-state index is -2.99. The number of carbonyl (C=O) groups is 1. The molecule has 0 radical (unpaired) electrons. The number of ether oxygens (including phenoxy) is 1. The fraction of sp³-hybridized carbons (Fsp3) is 0.0667. The van der Waals surface area contributed by atoms with Gasteiger partial charge in [0.25, 0.3) is 5.91 Å². The number of rotatable bonds is 5. The van der Waals surface area contributed by atoms with Gasteiger partial charge in [0.1, 0.15) is 10.6 Å². The van der Waals surface area contributed by atoms with E-state index in [4.69, 9.17) is 11.6 Å². The molecule has 0 spiro atoms. The van der Waals surface area contributed by atoms with Gasteiger partial charge < -0.3 is 14.6 Å². The standard InChI is InChI=1S/C15H10ClF2N3O2S/c16-10-7-9(1-2-11(10)21-5-4-19-8-21)20-14(22)13-12(3-6-24-13)23-15(17)18/h1-8,15H,(H,20,22). The molecule has 124 valence electrons. The van der Waals surface area contributed by atoms with Crippen LogP contribution in [0.4, 0.5) is 14.5 Å². The summed E-state index contributed by atoms with van der Waals surface area (Å²) in [4.78, 5) is 16.2. The van der Waals surface area contributed by atoms with Crippen molar-refractivity contribution in [3.63, 3.8) is 0 Å². The molecule has 1 N–H and O–H groups in total. The Hall–Kier alpha value is -2.45. The number of amides is 1. The van der Waals surface area contributed by atoms with Gasteiger partial charge in [-0.25, -0.2) is 4.98 Å². The number of hydrogen-bond donors (Lipinski definition) is 1. The monoisotopic (exact) mass is 369 g/mol. The maximum atomic E-state index is 12.3. The molecule has 0 atom stereocenters. The fourth-order valence-corrected chi connectivity index (χ4v) is 3.03. The van der Waals surface area contributed by atoms with Crippen molar-refractivity contribution in [1.29, 1.82) is 0 Å². The molecule has 3 rings (SSSR count). The fourth-order valence-electron chi connectivity index (χ4n) is 2.04. The Bertz CT molecular complexity index is 852. The van der Waals surface area contributed by atoms with Gasteiger partial charge >= 0.3 is 6.61 Å². The Morgan fingerprint density at radius 1 is 1.38 bits per heavy atom. The number of carbonyl (C=O) groups excluding carboxylic acids is 1. The molecule has 3 aromatic rings.